The smallest absolute Gasteiger partial charge is 0.100 e. The molecule has 0 atom stereocenters. The van der Waals surface area contributed by atoms with Gasteiger partial charge in [-0.2, -0.15) is 5.26 Å². The van der Waals surface area contributed by atoms with Crippen molar-refractivity contribution in [3.05, 3.63) is 21.9 Å². The monoisotopic (exact) mass is 153 g/mol. The summed E-state index contributed by atoms with van der Waals surface area (Å²) in [6.07, 6.45) is 0. The lowest BCUT2D eigenvalue weighted by molar-refractivity contribution is 1.47. The van der Waals surface area contributed by atoms with Gasteiger partial charge in [0.2, 0.25) is 0 Å². The van der Waals surface area contributed by atoms with Crippen molar-refractivity contribution in [3.63, 3.8) is 0 Å². The van der Waals surface area contributed by atoms with Gasteiger partial charge in [0.15, 0.2) is 0 Å². The molecule has 0 radical (unpaired) electrons. The van der Waals surface area contributed by atoms with Gasteiger partial charge in [0, 0.05) is 4.88 Å². The fourth-order valence-corrected chi connectivity index (χ4v) is 1.15. The Kier molecular flexibility index (Phi) is 4.61. The molecule has 0 saturated carbocycles. The minimum Gasteiger partial charge on any atom is -0.192 e. The molecule has 2 heteroatoms. The highest BCUT2D eigenvalue weighted by Crippen LogP contribution is 2.12. The molecule has 0 N–H and O–H groups in total. The molecule has 0 unspecified atom stereocenters. The Hall–Kier alpha value is -0.810. The molecule has 1 nitrogen and oxygen atoms in total. The largest absolute Gasteiger partial charge is 0.192 e. The zero-order valence-corrected chi connectivity index (χ0v) is 7.33. The summed E-state index contributed by atoms with van der Waals surface area (Å²) >= 11 is 1.61. The Morgan fingerprint density at radius 2 is 2.10 bits per heavy atom. The van der Waals surface area contributed by atoms with Crippen LogP contribution in [-0.2, 0) is 0 Å². The van der Waals surface area contributed by atoms with Gasteiger partial charge in [0.05, 0.1) is 5.56 Å². The Balaban J connectivity index is 0.000000371. The molecule has 1 aromatic heterocycles. The predicted octanol–water partition coefficient (Wildman–Crippen LogP) is 2.95. The van der Waals surface area contributed by atoms with Crippen LogP contribution < -0.4 is 0 Å². The predicted molar refractivity (Wildman–Crippen MR) is 45.1 cm³/mol. The van der Waals surface area contributed by atoms with Crippen LogP contribution in [0.15, 0.2) is 11.4 Å². The van der Waals surface area contributed by atoms with E-state index >= 15 is 0 Å². The maximum absolute atomic E-state index is 8.36. The van der Waals surface area contributed by atoms with Gasteiger partial charge in [-0.05, 0) is 18.4 Å². The number of hydrogen-bond donors (Lipinski definition) is 0. The lowest BCUT2D eigenvalue weighted by Gasteiger charge is -1.76. The Labute approximate surface area is 65.9 Å². The Morgan fingerprint density at radius 3 is 2.30 bits per heavy atom. The van der Waals surface area contributed by atoms with Crippen LogP contribution in [0.2, 0.25) is 0 Å². The summed E-state index contributed by atoms with van der Waals surface area (Å²) in [6.45, 7) is 5.95. The molecular formula is C8H11NS. The quantitative estimate of drug-likeness (QED) is 0.562. The van der Waals surface area contributed by atoms with Crippen LogP contribution in [0.4, 0.5) is 0 Å². The minimum absolute atomic E-state index is 0.801. The highest BCUT2D eigenvalue weighted by atomic mass is 32.1. The maximum atomic E-state index is 8.36. The standard InChI is InChI=1S/C6H5NS.C2H6/c1-5-6(4-7)2-3-8-5;1-2/h2-3H,1H3;1-2H3. The van der Waals surface area contributed by atoms with Crippen LogP contribution in [0.25, 0.3) is 0 Å². The lowest BCUT2D eigenvalue weighted by Crippen LogP contribution is -1.65. The topological polar surface area (TPSA) is 23.8 Å². The van der Waals surface area contributed by atoms with Crippen molar-refractivity contribution >= 4 is 11.3 Å². The van der Waals surface area contributed by atoms with E-state index in [0.717, 1.165) is 10.4 Å². The summed E-state index contributed by atoms with van der Waals surface area (Å²) < 4.78 is 0. The molecule has 10 heavy (non-hydrogen) atoms. The summed E-state index contributed by atoms with van der Waals surface area (Å²) in [5, 5.41) is 10.3. The average molecular weight is 153 g/mol. The second-order valence-corrected chi connectivity index (χ2v) is 2.62. The van der Waals surface area contributed by atoms with Crippen molar-refractivity contribution in [1.29, 1.82) is 5.26 Å². The zero-order chi connectivity index (χ0) is 7.98. The van der Waals surface area contributed by atoms with Gasteiger partial charge in [-0.3, -0.25) is 0 Å². The molecule has 0 aliphatic rings. The fraction of sp³-hybridized carbons (Fsp3) is 0.375. The number of hydrogen-bond acceptors (Lipinski definition) is 2. The molecule has 0 aromatic carbocycles. The van der Waals surface area contributed by atoms with E-state index in [-0.39, 0.29) is 0 Å². The van der Waals surface area contributed by atoms with Crippen LogP contribution in [-0.4, -0.2) is 0 Å². The van der Waals surface area contributed by atoms with E-state index in [1.54, 1.807) is 11.3 Å². The number of thiophene rings is 1. The summed E-state index contributed by atoms with van der Waals surface area (Å²) in [6, 6.07) is 3.92. The van der Waals surface area contributed by atoms with Crippen molar-refractivity contribution < 1.29 is 0 Å². The van der Waals surface area contributed by atoms with Crippen molar-refractivity contribution in [3.8, 4) is 6.07 Å². The van der Waals surface area contributed by atoms with E-state index in [0.29, 0.717) is 0 Å². The number of nitrogens with zero attached hydrogens (tertiary/aromatic N) is 1. The number of nitriles is 1. The third-order valence-corrected chi connectivity index (χ3v) is 1.82. The van der Waals surface area contributed by atoms with Gasteiger partial charge in [0.1, 0.15) is 6.07 Å². The fourth-order valence-electron chi connectivity index (χ4n) is 0.501. The van der Waals surface area contributed by atoms with Crippen LogP contribution in [0, 0.1) is 18.3 Å². The van der Waals surface area contributed by atoms with Crippen LogP contribution in [0.5, 0.6) is 0 Å². The average Bonchev–Trinajstić information content (AvgIpc) is 2.39. The molecule has 1 heterocycles. The molecular weight excluding hydrogens is 142 g/mol. The summed E-state index contributed by atoms with van der Waals surface area (Å²) in [5.74, 6) is 0. The molecule has 54 valence electrons. The Morgan fingerprint density at radius 1 is 1.50 bits per heavy atom. The first-order chi connectivity index (χ1) is 4.84. The van der Waals surface area contributed by atoms with E-state index in [2.05, 4.69) is 6.07 Å². The van der Waals surface area contributed by atoms with Gasteiger partial charge in [-0.25, -0.2) is 0 Å². The maximum Gasteiger partial charge on any atom is 0.100 e. The van der Waals surface area contributed by atoms with Gasteiger partial charge < -0.3 is 0 Å². The molecule has 0 aliphatic carbocycles. The molecule has 0 amide bonds. The second-order valence-electron chi connectivity index (χ2n) is 1.50. The minimum atomic E-state index is 0.801. The lowest BCUT2D eigenvalue weighted by atomic mass is 10.3. The van der Waals surface area contributed by atoms with Crippen molar-refractivity contribution in [2.24, 2.45) is 0 Å². The van der Waals surface area contributed by atoms with Crippen LogP contribution in [0.1, 0.15) is 24.3 Å². The third-order valence-electron chi connectivity index (χ3n) is 0.979. The molecule has 1 rings (SSSR count). The van der Waals surface area contributed by atoms with Gasteiger partial charge in [-0.15, -0.1) is 11.3 Å². The molecule has 0 saturated heterocycles. The first kappa shape index (κ1) is 9.19. The first-order valence-electron chi connectivity index (χ1n) is 3.29. The van der Waals surface area contributed by atoms with Crippen LogP contribution >= 0.6 is 11.3 Å². The van der Waals surface area contributed by atoms with Crippen molar-refractivity contribution in [2.75, 3.05) is 0 Å². The second kappa shape index (κ2) is 5.01. The van der Waals surface area contributed by atoms with E-state index in [1.807, 2.05) is 32.2 Å². The van der Waals surface area contributed by atoms with E-state index in [4.69, 9.17) is 5.26 Å². The summed E-state index contributed by atoms with van der Waals surface area (Å²) in [7, 11) is 0. The van der Waals surface area contributed by atoms with E-state index in [1.165, 1.54) is 0 Å². The number of rotatable bonds is 0. The summed E-state index contributed by atoms with van der Waals surface area (Å²) in [5.41, 5.74) is 0.801. The van der Waals surface area contributed by atoms with Crippen molar-refractivity contribution in [1.82, 2.24) is 0 Å². The molecule has 0 bridgehead atoms. The molecule has 0 spiro atoms. The molecule has 1 aromatic rings. The van der Waals surface area contributed by atoms with Gasteiger partial charge >= 0.3 is 0 Å². The normalized spacial score (nSPS) is 7.40. The van der Waals surface area contributed by atoms with E-state index < -0.39 is 0 Å². The Bertz CT molecular complexity index is 219. The highest BCUT2D eigenvalue weighted by molar-refractivity contribution is 7.10. The third kappa shape index (κ3) is 2.20. The van der Waals surface area contributed by atoms with Gasteiger partial charge in [-0.1, -0.05) is 13.8 Å². The SMILES string of the molecule is CC.Cc1sccc1C#N. The highest BCUT2D eigenvalue weighted by Gasteiger charge is 1.93. The molecule has 0 fully saturated rings. The number of aryl methyl sites for hydroxylation is 1. The summed E-state index contributed by atoms with van der Waals surface area (Å²) in [4.78, 5) is 1.10. The van der Waals surface area contributed by atoms with Gasteiger partial charge in [0.25, 0.3) is 0 Å². The first-order valence-corrected chi connectivity index (χ1v) is 4.17. The zero-order valence-electron chi connectivity index (χ0n) is 6.51. The van der Waals surface area contributed by atoms with Crippen LogP contribution in [0.3, 0.4) is 0 Å². The van der Waals surface area contributed by atoms with Crippen molar-refractivity contribution in [2.45, 2.75) is 20.8 Å². The van der Waals surface area contributed by atoms with E-state index in [9.17, 15) is 0 Å². The molecule has 0 aliphatic heterocycles.